The van der Waals surface area contributed by atoms with E-state index in [9.17, 15) is 0 Å². The van der Waals surface area contributed by atoms with Crippen molar-refractivity contribution >= 4 is 11.8 Å². The zero-order chi connectivity index (χ0) is 9.84. The van der Waals surface area contributed by atoms with E-state index in [4.69, 9.17) is 10.5 Å². The van der Waals surface area contributed by atoms with E-state index in [-0.39, 0.29) is 5.95 Å². The van der Waals surface area contributed by atoms with Gasteiger partial charge >= 0.3 is 0 Å². The van der Waals surface area contributed by atoms with E-state index in [2.05, 4.69) is 9.97 Å². The first-order valence-electron chi connectivity index (χ1n) is 4.08. The second kappa shape index (κ2) is 3.93. The fraction of sp³-hybridized carbons (Fsp3) is 0.500. The van der Waals surface area contributed by atoms with Gasteiger partial charge in [-0.05, 0) is 6.92 Å². The fourth-order valence-electron chi connectivity index (χ4n) is 0.881. The molecule has 0 atom stereocenters. The zero-order valence-corrected chi connectivity index (χ0v) is 8.11. The van der Waals surface area contributed by atoms with Crippen molar-refractivity contribution < 1.29 is 4.74 Å². The van der Waals surface area contributed by atoms with Crippen molar-refractivity contribution in [3.8, 4) is 5.88 Å². The average molecular weight is 182 g/mol. The van der Waals surface area contributed by atoms with Crippen molar-refractivity contribution in [2.24, 2.45) is 0 Å². The highest BCUT2D eigenvalue weighted by molar-refractivity contribution is 5.43. The van der Waals surface area contributed by atoms with Gasteiger partial charge < -0.3 is 15.4 Å². The number of nitrogen functional groups attached to an aromatic ring is 1. The molecule has 0 radical (unpaired) electrons. The molecule has 2 N–H and O–H groups in total. The van der Waals surface area contributed by atoms with Gasteiger partial charge in [-0.15, -0.1) is 0 Å². The molecule has 1 aromatic heterocycles. The van der Waals surface area contributed by atoms with Crippen LogP contribution >= 0.6 is 0 Å². The van der Waals surface area contributed by atoms with E-state index in [1.807, 2.05) is 25.9 Å². The molecule has 0 saturated carbocycles. The van der Waals surface area contributed by atoms with Crippen LogP contribution in [0.15, 0.2) is 6.07 Å². The predicted octanol–water partition coefficient (Wildman–Crippen LogP) is 0.523. The molecule has 0 spiro atoms. The maximum absolute atomic E-state index is 5.50. The summed E-state index contributed by atoms with van der Waals surface area (Å²) in [5, 5.41) is 0. The summed E-state index contributed by atoms with van der Waals surface area (Å²) >= 11 is 0. The molecule has 0 bridgehead atoms. The molecule has 0 aliphatic carbocycles. The molecule has 0 fully saturated rings. The normalized spacial score (nSPS) is 9.77. The molecule has 1 heterocycles. The Morgan fingerprint density at radius 2 is 2.15 bits per heavy atom. The minimum atomic E-state index is 0.231. The first-order chi connectivity index (χ1) is 6.13. The molecule has 5 heteroatoms. The summed E-state index contributed by atoms with van der Waals surface area (Å²) in [5.41, 5.74) is 5.50. The highest BCUT2D eigenvalue weighted by atomic mass is 16.5. The SMILES string of the molecule is CCOc1cc(N(C)C)nc(N)n1. The quantitative estimate of drug-likeness (QED) is 0.738. The Kier molecular flexibility index (Phi) is 2.89. The molecule has 13 heavy (non-hydrogen) atoms. The molecule has 0 aliphatic rings. The summed E-state index contributed by atoms with van der Waals surface area (Å²) in [6, 6.07) is 1.75. The van der Waals surface area contributed by atoms with Gasteiger partial charge in [0.2, 0.25) is 11.8 Å². The third-order valence-electron chi connectivity index (χ3n) is 1.46. The second-order valence-corrected chi connectivity index (χ2v) is 2.75. The van der Waals surface area contributed by atoms with Crippen LogP contribution in [0.4, 0.5) is 11.8 Å². The Morgan fingerprint density at radius 3 is 2.69 bits per heavy atom. The zero-order valence-electron chi connectivity index (χ0n) is 8.11. The van der Waals surface area contributed by atoms with Gasteiger partial charge in [-0.1, -0.05) is 0 Å². The van der Waals surface area contributed by atoms with Gasteiger partial charge in [0.05, 0.1) is 6.61 Å². The standard InChI is InChI=1S/C8H14N4O/c1-4-13-7-5-6(12(2)3)10-8(9)11-7/h5H,4H2,1-3H3,(H2,9,10,11). The number of rotatable bonds is 3. The number of hydrogen-bond donors (Lipinski definition) is 1. The smallest absolute Gasteiger partial charge is 0.225 e. The molecule has 0 unspecified atom stereocenters. The minimum absolute atomic E-state index is 0.231. The summed E-state index contributed by atoms with van der Waals surface area (Å²) in [6.07, 6.45) is 0. The topological polar surface area (TPSA) is 64.3 Å². The number of anilines is 2. The summed E-state index contributed by atoms with van der Waals surface area (Å²) in [4.78, 5) is 9.80. The first-order valence-corrected chi connectivity index (χ1v) is 4.08. The Hall–Kier alpha value is -1.52. The van der Waals surface area contributed by atoms with Crippen LogP contribution in [0.2, 0.25) is 0 Å². The fourth-order valence-corrected chi connectivity index (χ4v) is 0.881. The van der Waals surface area contributed by atoms with E-state index in [0.29, 0.717) is 12.5 Å². The van der Waals surface area contributed by atoms with Gasteiger partial charge in [-0.2, -0.15) is 9.97 Å². The lowest BCUT2D eigenvalue weighted by Gasteiger charge is -2.12. The molecule has 72 valence electrons. The van der Waals surface area contributed by atoms with Crippen molar-refractivity contribution in [2.75, 3.05) is 31.3 Å². The van der Waals surface area contributed by atoms with Gasteiger partial charge in [-0.3, -0.25) is 0 Å². The average Bonchev–Trinajstić information content (AvgIpc) is 2.03. The van der Waals surface area contributed by atoms with Gasteiger partial charge in [0.25, 0.3) is 0 Å². The minimum Gasteiger partial charge on any atom is -0.478 e. The maximum Gasteiger partial charge on any atom is 0.225 e. The number of ether oxygens (including phenoxy) is 1. The number of nitrogens with two attached hydrogens (primary N) is 1. The van der Waals surface area contributed by atoms with E-state index < -0.39 is 0 Å². The summed E-state index contributed by atoms with van der Waals surface area (Å²) in [7, 11) is 3.77. The first kappa shape index (κ1) is 9.57. The lowest BCUT2D eigenvalue weighted by Crippen LogP contribution is -2.12. The lowest BCUT2D eigenvalue weighted by molar-refractivity contribution is 0.327. The van der Waals surface area contributed by atoms with E-state index in [0.717, 1.165) is 5.82 Å². The predicted molar refractivity (Wildman–Crippen MR) is 51.9 cm³/mol. The second-order valence-electron chi connectivity index (χ2n) is 2.75. The van der Waals surface area contributed by atoms with Crippen LogP contribution in [0.25, 0.3) is 0 Å². The van der Waals surface area contributed by atoms with Crippen LogP contribution in [-0.2, 0) is 0 Å². The summed E-state index contributed by atoms with van der Waals surface area (Å²) < 4.78 is 5.22. The molecule has 5 nitrogen and oxygen atoms in total. The van der Waals surface area contributed by atoms with Gasteiger partial charge in [0.15, 0.2) is 0 Å². The highest BCUT2D eigenvalue weighted by Gasteiger charge is 2.03. The van der Waals surface area contributed by atoms with Crippen LogP contribution in [0, 0.1) is 0 Å². The molecule has 0 saturated heterocycles. The third-order valence-corrected chi connectivity index (χ3v) is 1.46. The van der Waals surface area contributed by atoms with Gasteiger partial charge in [0, 0.05) is 20.2 Å². The molecule has 0 amide bonds. The summed E-state index contributed by atoms with van der Waals surface area (Å²) in [6.45, 7) is 2.47. The molecular formula is C8H14N4O. The molecule has 0 aliphatic heterocycles. The third kappa shape index (κ3) is 2.47. The molecule has 1 aromatic rings. The Balaban J connectivity index is 2.96. The maximum atomic E-state index is 5.50. The van der Waals surface area contributed by atoms with Crippen molar-refractivity contribution in [1.82, 2.24) is 9.97 Å². The van der Waals surface area contributed by atoms with Crippen molar-refractivity contribution in [3.63, 3.8) is 0 Å². The van der Waals surface area contributed by atoms with Crippen LogP contribution in [0.3, 0.4) is 0 Å². The Labute approximate surface area is 77.5 Å². The van der Waals surface area contributed by atoms with Crippen LogP contribution in [0.1, 0.15) is 6.92 Å². The van der Waals surface area contributed by atoms with Crippen LogP contribution in [0.5, 0.6) is 5.88 Å². The highest BCUT2D eigenvalue weighted by Crippen LogP contribution is 2.16. The van der Waals surface area contributed by atoms with E-state index in [1.54, 1.807) is 6.07 Å². The monoisotopic (exact) mass is 182 g/mol. The molecular weight excluding hydrogens is 168 g/mol. The van der Waals surface area contributed by atoms with Crippen molar-refractivity contribution in [1.29, 1.82) is 0 Å². The van der Waals surface area contributed by atoms with Crippen molar-refractivity contribution in [2.45, 2.75) is 6.92 Å². The Morgan fingerprint density at radius 1 is 1.46 bits per heavy atom. The lowest BCUT2D eigenvalue weighted by atomic mass is 10.5. The molecule has 0 aromatic carbocycles. The van der Waals surface area contributed by atoms with Gasteiger partial charge in [-0.25, -0.2) is 0 Å². The summed E-state index contributed by atoms with van der Waals surface area (Å²) in [5.74, 6) is 1.49. The van der Waals surface area contributed by atoms with E-state index in [1.165, 1.54) is 0 Å². The number of nitrogens with zero attached hydrogens (tertiary/aromatic N) is 3. The van der Waals surface area contributed by atoms with E-state index >= 15 is 0 Å². The van der Waals surface area contributed by atoms with Gasteiger partial charge in [0.1, 0.15) is 5.82 Å². The Bertz CT molecular complexity index is 287. The number of aromatic nitrogens is 2. The van der Waals surface area contributed by atoms with Crippen LogP contribution < -0.4 is 15.4 Å². The molecule has 1 rings (SSSR count). The number of hydrogen-bond acceptors (Lipinski definition) is 5. The largest absolute Gasteiger partial charge is 0.478 e. The van der Waals surface area contributed by atoms with Crippen molar-refractivity contribution in [3.05, 3.63) is 6.07 Å². The van der Waals surface area contributed by atoms with Crippen LogP contribution in [-0.4, -0.2) is 30.7 Å².